The Labute approximate surface area is 145 Å². The van der Waals surface area contributed by atoms with E-state index in [1.54, 1.807) is 6.08 Å². The Morgan fingerprint density at radius 2 is 1.50 bits per heavy atom. The summed E-state index contributed by atoms with van der Waals surface area (Å²) >= 11 is 6.09. The minimum absolute atomic E-state index is 0.128. The van der Waals surface area contributed by atoms with Crippen LogP contribution in [0.5, 0.6) is 0 Å². The fourth-order valence-corrected chi connectivity index (χ4v) is 2.37. The molecule has 0 atom stereocenters. The van der Waals surface area contributed by atoms with Gasteiger partial charge in [0.25, 0.3) is 0 Å². The third kappa shape index (κ3) is 3.70. The molecule has 2 aromatic carbocycles. The van der Waals surface area contributed by atoms with E-state index in [1.807, 2.05) is 65.6 Å². The smallest absolute Gasteiger partial charge is 0.240 e. The lowest BCUT2D eigenvalue weighted by atomic mass is 10.2. The number of benzene rings is 2. The fraction of sp³-hybridized carbons (Fsp3) is 0.0556. The molecule has 0 saturated heterocycles. The standard InChI is InChI=1S/C18H16ClN5/c1-2-13-20-17-21-16(19)22-18(23-17)24(14-9-5-3-6-10-14)15-11-7-4-8-12-15/h2-12H,1,13H2,(H,20,21,22,23). The van der Waals surface area contributed by atoms with Crippen LogP contribution in [-0.4, -0.2) is 21.5 Å². The average Bonchev–Trinajstić information content (AvgIpc) is 2.62. The molecule has 6 heteroatoms. The van der Waals surface area contributed by atoms with Crippen LogP contribution in [-0.2, 0) is 0 Å². The van der Waals surface area contributed by atoms with Gasteiger partial charge in [-0.05, 0) is 35.9 Å². The van der Waals surface area contributed by atoms with Gasteiger partial charge in [-0.2, -0.15) is 15.0 Å². The Kier molecular flexibility index (Phi) is 5.03. The molecule has 0 aliphatic carbocycles. The summed E-state index contributed by atoms with van der Waals surface area (Å²) in [5, 5.41) is 3.17. The molecule has 5 nitrogen and oxygen atoms in total. The van der Waals surface area contributed by atoms with Crippen LogP contribution in [0.4, 0.5) is 23.3 Å². The molecule has 3 rings (SSSR count). The summed E-state index contributed by atoms with van der Waals surface area (Å²) in [6.07, 6.45) is 1.73. The monoisotopic (exact) mass is 337 g/mol. The summed E-state index contributed by atoms with van der Waals surface area (Å²) in [6.45, 7) is 4.21. The predicted octanol–water partition coefficient (Wildman–Crippen LogP) is 4.59. The van der Waals surface area contributed by atoms with Crippen LogP contribution < -0.4 is 10.2 Å². The third-order valence-electron chi connectivity index (χ3n) is 3.23. The first-order valence-corrected chi connectivity index (χ1v) is 7.82. The molecule has 0 amide bonds. The van der Waals surface area contributed by atoms with E-state index < -0.39 is 0 Å². The first-order chi connectivity index (χ1) is 11.8. The van der Waals surface area contributed by atoms with Crippen LogP contribution in [0.2, 0.25) is 5.28 Å². The van der Waals surface area contributed by atoms with E-state index in [1.165, 1.54) is 0 Å². The quantitative estimate of drug-likeness (QED) is 0.666. The summed E-state index contributed by atoms with van der Waals surface area (Å²) in [5.74, 6) is 0.848. The highest BCUT2D eigenvalue weighted by molar-refractivity contribution is 6.28. The molecule has 1 aromatic heterocycles. The van der Waals surface area contributed by atoms with Crippen molar-refractivity contribution in [3.8, 4) is 0 Å². The molecule has 120 valence electrons. The average molecular weight is 338 g/mol. The maximum absolute atomic E-state index is 6.09. The lowest BCUT2D eigenvalue weighted by Gasteiger charge is -2.23. The predicted molar refractivity (Wildman–Crippen MR) is 98.2 cm³/mol. The molecule has 1 N–H and O–H groups in total. The fourth-order valence-electron chi connectivity index (χ4n) is 2.22. The van der Waals surface area contributed by atoms with E-state index in [4.69, 9.17) is 11.6 Å². The Morgan fingerprint density at radius 3 is 2.04 bits per heavy atom. The zero-order chi connectivity index (χ0) is 16.8. The molecule has 0 bridgehead atoms. The second-order valence-corrected chi connectivity index (χ2v) is 5.24. The van der Waals surface area contributed by atoms with E-state index in [0.29, 0.717) is 18.4 Å². The van der Waals surface area contributed by atoms with Crippen LogP contribution in [0.25, 0.3) is 0 Å². The van der Waals surface area contributed by atoms with Crippen molar-refractivity contribution < 1.29 is 0 Å². The number of para-hydroxylation sites is 2. The number of anilines is 4. The van der Waals surface area contributed by atoms with Crippen molar-refractivity contribution in [1.82, 2.24) is 15.0 Å². The highest BCUT2D eigenvalue weighted by Gasteiger charge is 2.16. The summed E-state index contributed by atoms with van der Waals surface area (Å²) < 4.78 is 0. The van der Waals surface area contributed by atoms with Crippen molar-refractivity contribution in [3.63, 3.8) is 0 Å². The Bertz CT molecular complexity index is 769. The number of hydrogen-bond donors (Lipinski definition) is 1. The van der Waals surface area contributed by atoms with Crippen molar-refractivity contribution in [2.45, 2.75) is 0 Å². The van der Waals surface area contributed by atoms with Gasteiger partial charge in [-0.25, -0.2) is 0 Å². The molecular weight excluding hydrogens is 322 g/mol. The van der Waals surface area contributed by atoms with Gasteiger partial charge in [-0.3, -0.25) is 4.90 Å². The minimum atomic E-state index is 0.128. The number of halogens is 1. The molecule has 0 saturated carbocycles. The maximum atomic E-state index is 6.09. The van der Waals surface area contributed by atoms with Gasteiger partial charge in [0.1, 0.15) is 0 Å². The molecule has 24 heavy (non-hydrogen) atoms. The largest absolute Gasteiger partial charge is 0.351 e. The van der Waals surface area contributed by atoms with Crippen molar-refractivity contribution in [3.05, 3.63) is 78.6 Å². The van der Waals surface area contributed by atoms with Crippen LogP contribution in [0, 0.1) is 0 Å². The van der Waals surface area contributed by atoms with E-state index in [-0.39, 0.29) is 5.28 Å². The van der Waals surface area contributed by atoms with Gasteiger partial charge in [0.2, 0.25) is 17.2 Å². The second kappa shape index (κ2) is 7.57. The molecule has 0 aliphatic rings. The van der Waals surface area contributed by atoms with Gasteiger partial charge < -0.3 is 5.32 Å². The number of rotatable bonds is 6. The van der Waals surface area contributed by atoms with E-state index >= 15 is 0 Å². The number of hydrogen-bond acceptors (Lipinski definition) is 5. The molecule has 0 unspecified atom stereocenters. The summed E-state index contributed by atoms with van der Waals surface area (Å²) in [5.41, 5.74) is 1.86. The Balaban J connectivity index is 2.09. The van der Waals surface area contributed by atoms with Crippen LogP contribution in [0.15, 0.2) is 73.3 Å². The van der Waals surface area contributed by atoms with Gasteiger partial charge >= 0.3 is 0 Å². The highest BCUT2D eigenvalue weighted by Crippen LogP contribution is 2.32. The molecule has 0 aliphatic heterocycles. The molecule has 0 spiro atoms. The topological polar surface area (TPSA) is 53.9 Å². The first-order valence-electron chi connectivity index (χ1n) is 7.44. The summed E-state index contributed by atoms with van der Waals surface area (Å²) in [7, 11) is 0. The van der Waals surface area contributed by atoms with Crippen molar-refractivity contribution in [2.24, 2.45) is 0 Å². The first kappa shape index (κ1) is 16.0. The van der Waals surface area contributed by atoms with E-state index in [2.05, 4.69) is 26.8 Å². The molecule has 3 aromatic rings. The molecule has 0 fully saturated rings. The van der Waals surface area contributed by atoms with Crippen LogP contribution >= 0.6 is 11.6 Å². The number of aromatic nitrogens is 3. The van der Waals surface area contributed by atoms with Crippen molar-refractivity contribution >= 4 is 34.9 Å². The van der Waals surface area contributed by atoms with Gasteiger partial charge in [0.15, 0.2) is 0 Å². The van der Waals surface area contributed by atoms with Gasteiger partial charge in [0.05, 0.1) is 0 Å². The SMILES string of the molecule is C=CCNc1nc(Cl)nc(N(c2ccccc2)c2ccccc2)n1. The maximum Gasteiger partial charge on any atom is 0.240 e. The number of nitrogens with one attached hydrogen (secondary N) is 1. The zero-order valence-corrected chi connectivity index (χ0v) is 13.7. The van der Waals surface area contributed by atoms with E-state index in [0.717, 1.165) is 11.4 Å². The summed E-state index contributed by atoms with van der Waals surface area (Å²) in [6, 6.07) is 19.7. The van der Waals surface area contributed by atoms with Crippen molar-refractivity contribution in [2.75, 3.05) is 16.8 Å². The van der Waals surface area contributed by atoms with Gasteiger partial charge in [-0.15, -0.1) is 6.58 Å². The minimum Gasteiger partial charge on any atom is -0.351 e. The second-order valence-electron chi connectivity index (χ2n) is 4.90. The normalized spacial score (nSPS) is 10.2. The Morgan fingerprint density at radius 1 is 0.917 bits per heavy atom. The lowest BCUT2D eigenvalue weighted by Crippen LogP contribution is -2.15. The molecule has 0 radical (unpaired) electrons. The van der Waals surface area contributed by atoms with E-state index in [9.17, 15) is 0 Å². The van der Waals surface area contributed by atoms with Crippen molar-refractivity contribution in [1.29, 1.82) is 0 Å². The molecule has 1 heterocycles. The van der Waals surface area contributed by atoms with Crippen LogP contribution in [0.1, 0.15) is 0 Å². The van der Waals surface area contributed by atoms with Gasteiger partial charge in [-0.1, -0.05) is 42.5 Å². The van der Waals surface area contributed by atoms with Gasteiger partial charge in [0, 0.05) is 17.9 Å². The highest BCUT2D eigenvalue weighted by atomic mass is 35.5. The lowest BCUT2D eigenvalue weighted by molar-refractivity contribution is 1.00. The molecular formula is C18H16ClN5. The number of nitrogens with zero attached hydrogens (tertiary/aromatic N) is 4. The third-order valence-corrected chi connectivity index (χ3v) is 3.40. The summed E-state index contributed by atoms with van der Waals surface area (Å²) in [4.78, 5) is 14.8. The zero-order valence-electron chi connectivity index (χ0n) is 12.9. The Hall–Kier alpha value is -2.92. The van der Waals surface area contributed by atoms with Crippen LogP contribution in [0.3, 0.4) is 0 Å².